The molecular weight excluding hydrogens is 226 g/mol. The zero-order valence-electron chi connectivity index (χ0n) is 12.2. The van der Waals surface area contributed by atoms with Crippen molar-refractivity contribution in [2.75, 3.05) is 6.54 Å². The lowest BCUT2D eigenvalue weighted by atomic mass is 9.87. The Morgan fingerprint density at radius 1 is 1.29 bits per heavy atom. The van der Waals surface area contributed by atoms with E-state index < -0.39 is 0 Å². The van der Waals surface area contributed by atoms with Crippen LogP contribution in [0.25, 0.3) is 0 Å². The monoisotopic (exact) mass is 253 g/mol. The van der Waals surface area contributed by atoms with Crippen molar-refractivity contribution in [3.05, 3.63) is 21.4 Å². The van der Waals surface area contributed by atoms with Crippen molar-refractivity contribution in [3.8, 4) is 0 Å². The highest BCUT2D eigenvalue weighted by atomic mass is 32.1. The topological polar surface area (TPSA) is 12.0 Å². The van der Waals surface area contributed by atoms with E-state index in [9.17, 15) is 0 Å². The molecule has 1 heterocycles. The van der Waals surface area contributed by atoms with Crippen LogP contribution in [0.3, 0.4) is 0 Å². The molecule has 0 saturated carbocycles. The van der Waals surface area contributed by atoms with E-state index >= 15 is 0 Å². The van der Waals surface area contributed by atoms with Crippen LogP contribution in [0.1, 0.15) is 61.9 Å². The van der Waals surface area contributed by atoms with Crippen molar-refractivity contribution in [2.24, 2.45) is 5.41 Å². The van der Waals surface area contributed by atoms with Gasteiger partial charge < -0.3 is 5.32 Å². The molecule has 1 atom stereocenters. The Bertz CT molecular complexity index is 346. The van der Waals surface area contributed by atoms with Gasteiger partial charge in [0.15, 0.2) is 0 Å². The summed E-state index contributed by atoms with van der Waals surface area (Å²) in [5, 5.41) is 3.71. The molecule has 0 aliphatic carbocycles. The number of nitrogens with one attached hydrogen (secondary N) is 1. The van der Waals surface area contributed by atoms with Gasteiger partial charge in [-0.15, -0.1) is 11.3 Å². The van der Waals surface area contributed by atoms with E-state index in [0.29, 0.717) is 11.5 Å². The fourth-order valence-electron chi connectivity index (χ4n) is 2.19. The van der Waals surface area contributed by atoms with Crippen molar-refractivity contribution < 1.29 is 0 Å². The highest BCUT2D eigenvalue weighted by Gasteiger charge is 2.22. The molecule has 2 heteroatoms. The summed E-state index contributed by atoms with van der Waals surface area (Å²) in [6, 6.07) is 2.83. The number of hydrogen-bond donors (Lipinski definition) is 1. The third-order valence-electron chi connectivity index (χ3n) is 2.85. The highest BCUT2D eigenvalue weighted by molar-refractivity contribution is 7.12. The molecule has 0 aromatic carbocycles. The SMILES string of the molecule is CCCNC(CC(C)(C)C)c1sc(C)cc1C. The molecule has 1 aromatic heterocycles. The van der Waals surface area contributed by atoms with Crippen LogP contribution in [0.15, 0.2) is 6.07 Å². The zero-order valence-corrected chi connectivity index (χ0v) is 13.0. The molecule has 0 spiro atoms. The molecule has 0 aliphatic rings. The van der Waals surface area contributed by atoms with Crippen LogP contribution in [0.5, 0.6) is 0 Å². The van der Waals surface area contributed by atoms with Gasteiger partial charge in [-0.05, 0) is 50.3 Å². The van der Waals surface area contributed by atoms with Crippen molar-refractivity contribution in [2.45, 2.75) is 60.4 Å². The lowest BCUT2D eigenvalue weighted by Crippen LogP contribution is -2.26. The van der Waals surface area contributed by atoms with Crippen molar-refractivity contribution in [3.63, 3.8) is 0 Å². The van der Waals surface area contributed by atoms with Crippen molar-refractivity contribution >= 4 is 11.3 Å². The van der Waals surface area contributed by atoms with Crippen molar-refractivity contribution in [1.29, 1.82) is 0 Å². The van der Waals surface area contributed by atoms with Crippen molar-refractivity contribution in [1.82, 2.24) is 5.32 Å². The van der Waals surface area contributed by atoms with Crippen LogP contribution in [0, 0.1) is 19.3 Å². The number of hydrogen-bond acceptors (Lipinski definition) is 2. The van der Waals surface area contributed by atoms with Gasteiger partial charge in [0.25, 0.3) is 0 Å². The minimum atomic E-state index is 0.371. The van der Waals surface area contributed by atoms with Crippen LogP contribution in [0.2, 0.25) is 0 Å². The summed E-state index contributed by atoms with van der Waals surface area (Å²) in [5.41, 5.74) is 1.82. The number of thiophene rings is 1. The Morgan fingerprint density at radius 3 is 2.35 bits per heavy atom. The molecule has 0 fully saturated rings. The van der Waals surface area contributed by atoms with Gasteiger partial charge in [-0.2, -0.15) is 0 Å². The summed E-state index contributed by atoms with van der Waals surface area (Å²) in [5.74, 6) is 0. The standard InChI is InChI=1S/C15H27NS/c1-7-8-16-13(10-15(4,5)6)14-11(2)9-12(3)17-14/h9,13,16H,7-8,10H2,1-6H3. The predicted octanol–water partition coefficient (Wildman–Crippen LogP) is 4.84. The second-order valence-electron chi connectivity index (χ2n) is 6.18. The van der Waals surface area contributed by atoms with Crippen LogP contribution < -0.4 is 5.32 Å². The molecule has 0 saturated heterocycles. The summed E-state index contributed by atoms with van der Waals surface area (Å²) < 4.78 is 0. The zero-order chi connectivity index (χ0) is 13.1. The third kappa shape index (κ3) is 4.81. The molecular formula is C15H27NS. The fraction of sp³-hybridized carbons (Fsp3) is 0.733. The molecule has 0 aliphatic heterocycles. The van der Waals surface area contributed by atoms with Gasteiger partial charge in [0.05, 0.1) is 0 Å². The maximum absolute atomic E-state index is 3.71. The first-order chi connectivity index (χ1) is 7.83. The molecule has 17 heavy (non-hydrogen) atoms. The number of rotatable bonds is 5. The van der Waals surface area contributed by atoms with Crippen LogP contribution in [-0.4, -0.2) is 6.54 Å². The average molecular weight is 253 g/mol. The van der Waals surface area contributed by atoms with Crippen LogP contribution in [0.4, 0.5) is 0 Å². The first kappa shape index (κ1) is 14.7. The van der Waals surface area contributed by atoms with E-state index in [-0.39, 0.29) is 0 Å². The third-order valence-corrected chi connectivity index (χ3v) is 4.12. The number of aryl methyl sites for hydroxylation is 2. The van der Waals surface area contributed by atoms with Gasteiger partial charge in [0.2, 0.25) is 0 Å². The summed E-state index contributed by atoms with van der Waals surface area (Å²) in [6.07, 6.45) is 2.40. The molecule has 1 nitrogen and oxygen atoms in total. The van der Waals surface area contributed by atoms with Gasteiger partial charge in [0, 0.05) is 15.8 Å². The van der Waals surface area contributed by atoms with E-state index in [4.69, 9.17) is 0 Å². The molecule has 1 aromatic rings. The summed E-state index contributed by atoms with van der Waals surface area (Å²) in [7, 11) is 0. The lowest BCUT2D eigenvalue weighted by molar-refractivity contribution is 0.313. The largest absolute Gasteiger partial charge is 0.309 e. The van der Waals surface area contributed by atoms with E-state index in [1.807, 2.05) is 11.3 Å². The van der Waals surface area contributed by atoms with Gasteiger partial charge in [0.1, 0.15) is 0 Å². The minimum Gasteiger partial charge on any atom is -0.309 e. The maximum atomic E-state index is 3.71. The van der Waals surface area contributed by atoms with Crippen LogP contribution >= 0.6 is 11.3 Å². The van der Waals surface area contributed by atoms with Gasteiger partial charge >= 0.3 is 0 Å². The predicted molar refractivity (Wildman–Crippen MR) is 78.9 cm³/mol. The molecule has 1 N–H and O–H groups in total. The van der Waals surface area contributed by atoms with Gasteiger partial charge in [-0.25, -0.2) is 0 Å². The smallest absolute Gasteiger partial charge is 0.0422 e. The maximum Gasteiger partial charge on any atom is 0.0422 e. The fourth-order valence-corrected chi connectivity index (χ4v) is 3.31. The Kier molecular flexibility index (Phi) is 5.21. The highest BCUT2D eigenvalue weighted by Crippen LogP contribution is 2.35. The average Bonchev–Trinajstić information content (AvgIpc) is 2.50. The molecule has 1 unspecified atom stereocenters. The van der Waals surface area contributed by atoms with Gasteiger partial charge in [-0.3, -0.25) is 0 Å². The van der Waals surface area contributed by atoms with E-state index in [1.165, 1.54) is 28.2 Å². The first-order valence-electron chi connectivity index (χ1n) is 6.64. The Labute approximate surface area is 111 Å². The minimum absolute atomic E-state index is 0.371. The molecule has 98 valence electrons. The van der Waals surface area contributed by atoms with E-state index in [2.05, 4.69) is 52.9 Å². The second-order valence-corrected chi connectivity index (χ2v) is 7.46. The van der Waals surface area contributed by atoms with E-state index in [0.717, 1.165) is 6.54 Å². The molecule has 0 bridgehead atoms. The first-order valence-corrected chi connectivity index (χ1v) is 7.45. The van der Waals surface area contributed by atoms with Crippen LogP contribution in [-0.2, 0) is 0 Å². The molecule has 0 amide bonds. The second kappa shape index (κ2) is 6.01. The van der Waals surface area contributed by atoms with E-state index in [1.54, 1.807) is 0 Å². The summed E-state index contributed by atoms with van der Waals surface area (Å²) >= 11 is 1.95. The Balaban J connectivity index is 2.85. The summed E-state index contributed by atoms with van der Waals surface area (Å²) in [4.78, 5) is 2.96. The van der Waals surface area contributed by atoms with Gasteiger partial charge in [-0.1, -0.05) is 27.7 Å². The Hall–Kier alpha value is -0.340. The summed E-state index contributed by atoms with van der Waals surface area (Å²) in [6.45, 7) is 14.7. The lowest BCUT2D eigenvalue weighted by Gasteiger charge is -2.27. The Morgan fingerprint density at radius 2 is 1.94 bits per heavy atom. The molecule has 1 rings (SSSR count). The molecule has 0 radical (unpaired) electrons. The normalized spacial score (nSPS) is 14.0. The quantitative estimate of drug-likeness (QED) is 0.791.